The molecule has 1 rings (SSSR count). The molecule has 1 aliphatic rings. The lowest BCUT2D eigenvalue weighted by Gasteiger charge is -2.23. The van der Waals surface area contributed by atoms with E-state index in [1.165, 1.54) is 0 Å². The summed E-state index contributed by atoms with van der Waals surface area (Å²) >= 11 is 1.71. The van der Waals surface area contributed by atoms with Crippen molar-refractivity contribution < 1.29 is 9.90 Å². The van der Waals surface area contributed by atoms with Gasteiger partial charge in [0, 0.05) is 6.04 Å². The van der Waals surface area contributed by atoms with E-state index in [0.29, 0.717) is 0 Å². The summed E-state index contributed by atoms with van der Waals surface area (Å²) in [5, 5.41) is 11.6. The van der Waals surface area contributed by atoms with Crippen molar-refractivity contribution in [1.82, 2.24) is 5.32 Å². The first kappa shape index (κ1) is 10.9. The Morgan fingerprint density at radius 2 is 2.46 bits per heavy atom. The van der Waals surface area contributed by atoms with Crippen LogP contribution in [0.25, 0.3) is 0 Å². The number of carbonyl (C=O) groups excluding carboxylic acids is 1. The number of carbonyl (C=O) groups is 1. The van der Waals surface area contributed by atoms with Gasteiger partial charge < -0.3 is 10.4 Å². The lowest BCUT2D eigenvalue weighted by atomic mass is 10.0. The number of hydrogen-bond donors (Lipinski definition) is 2. The van der Waals surface area contributed by atoms with Gasteiger partial charge in [-0.05, 0) is 32.4 Å². The molecular weight excluding hydrogens is 186 g/mol. The Balaban J connectivity index is 2.46. The van der Waals surface area contributed by atoms with Crippen molar-refractivity contribution in [3.8, 4) is 0 Å². The van der Waals surface area contributed by atoms with Crippen molar-refractivity contribution in [1.29, 1.82) is 0 Å². The zero-order valence-corrected chi connectivity index (χ0v) is 8.99. The van der Waals surface area contributed by atoms with Crippen LogP contribution in [-0.4, -0.2) is 34.2 Å². The SMILES string of the molecule is C[C@@H](CO)NC(=O)C1(C)CCCS1. The Hall–Kier alpha value is -0.220. The standard InChI is InChI=1S/C9H17NO2S/c1-7(6-11)10-8(12)9(2)4-3-5-13-9/h7,11H,3-6H2,1-2H3,(H,10,12)/t7-,9?/m0/s1. The van der Waals surface area contributed by atoms with E-state index in [1.54, 1.807) is 18.7 Å². The normalized spacial score (nSPS) is 30.1. The van der Waals surface area contributed by atoms with Crippen LogP contribution in [0.15, 0.2) is 0 Å². The second-order valence-corrected chi connectivity index (χ2v) is 5.34. The largest absolute Gasteiger partial charge is 0.394 e. The van der Waals surface area contributed by atoms with Gasteiger partial charge in [0.1, 0.15) is 0 Å². The first-order valence-electron chi connectivity index (χ1n) is 4.64. The van der Waals surface area contributed by atoms with Crippen LogP contribution >= 0.6 is 11.8 Å². The molecule has 13 heavy (non-hydrogen) atoms. The quantitative estimate of drug-likeness (QED) is 0.712. The Kier molecular flexibility index (Phi) is 3.62. The van der Waals surface area contributed by atoms with Gasteiger partial charge in [-0.25, -0.2) is 0 Å². The van der Waals surface area contributed by atoms with Crippen LogP contribution < -0.4 is 5.32 Å². The summed E-state index contributed by atoms with van der Waals surface area (Å²) in [7, 11) is 0. The van der Waals surface area contributed by atoms with Crippen LogP contribution in [0.5, 0.6) is 0 Å². The zero-order valence-electron chi connectivity index (χ0n) is 8.17. The van der Waals surface area contributed by atoms with Gasteiger partial charge in [-0.2, -0.15) is 0 Å². The van der Waals surface area contributed by atoms with Gasteiger partial charge in [-0.15, -0.1) is 11.8 Å². The summed E-state index contributed by atoms with van der Waals surface area (Å²) in [5.74, 6) is 1.13. The highest BCUT2D eigenvalue weighted by molar-refractivity contribution is 8.01. The Labute approximate surface area is 83.3 Å². The summed E-state index contributed by atoms with van der Waals surface area (Å²) in [6, 6.07) is -0.134. The molecule has 1 aliphatic heterocycles. The summed E-state index contributed by atoms with van der Waals surface area (Å²) in [5.41, 5.74) is 0. The average molecular weight is 203 g/mol. The van der Waals surface area contributed by atoms with Crippen molar-refractivity contribution in [2.45, 2.75) is 37.5 Å². The maximum atomic E-state index is 11.7. The molecule has 0 aromatic rings. The van der Waals surface area contributed by atoms with Gasteiger partial charge in [0.15, 0.2) is 0 Å². The third-order valence-corrected chi connectivity index (χ3v) is 3.87. The molecule has 0 spiro atoms. The van der Waals surface area contributed by atoms with Gasteiger partial charge in [-0.1, -0.05) is 0 Å². The average Bonchev–Trinajstić information content (AvgIpc) is 2.53. The zero-order chi connectivity index (χ0) is 9.90. The van der Waals surface area contributed by atoms with Crippen LogP contribution in [0.2, 0.25) is 0 Å². The van der Waals surface area contributed by atoms with Crippen molar-refractivity contribution >= 4 is 17.7 Å². The van der Waals surface area contributed by atoms with Gasteiger partial charge >= 0.3 is 0 Å². The van der Waals surface area contributed by atoms with Gasteiger partial charge in [0.2, 0.25) is 5.91 Å². The van der Waals surface area contributed by atoms with Crippen LogP contribution in [-0.2, 0) is 4.79 Å². The summed E-state index contributed by atoms with van der Waals surface area (Å²) in [6.07, 6.45) is 2.06. The van der Waals surface area contributed by atoms with E-state index in [9.17, 15) is 4.79 Å². The fourth-order valence-corrected chi connectivity index (χ4v) is 2.60. The summed E-state index contributed by atoms with van der Waals surface area (Å²) in [4.78, 5) is 11.7. The van der Waals surface area contributed by atoms with Crippen LogP contribution in [0.4, 0.5) is 0 Å². The van der Waals surface area contributed by atoms with E-state index in [-0.39, 0.29) is 23.3 Å². The van der Waals surface area contributed by atoms with Gasteiger partial charge in [0.25, 0.3) is 0 Å². The van der Waals surface area contributed by atoms with Gasteiger partial charge in [-0.3, -0.25) is 4.79 Å². The molecule has 4 heteroatoms. The molecule has 0 radical (unpaired) electrons. The van der Waals surface area contributed by atoms with E-state index in [2.05, 4.69) is 5.32 Å². The fourth-order valence-electron chi connectivity index (χ4n) is 1.38. The Morgan fingerprint density at radius 1 is 1.77 bits per heavy atom. The first-order valence-corrected chi connectivity index (χ1v) is 5.63. The summed E-state index contributed by atoms with van der Waals surface area (Å²) < 4.78 is -0.260. The number of thioether (sulfide) groups is 1. The minimum atomic E-state index is -0.260. The fraction of sp³-hybridized carbons (Fsp3) is 0.889. The predicted molar refractivity (Wildman–Crippen MR) is 54.8 cm³/mol. The van der Waals surface area contributed by atoms with Crippen molar-refractivity contribution in [2.24, 2.45) is 0 Å². The van der Waals surface area contributed by atoms with E-state index < -0.39 is 0 Å². The first-order chi connectivity index (χ1) is 6.08. The minimum Gasteiger partial charge on any atom is -0.394 e. The third-order valence-electron chi connectivity index (χ3n) is 2.35. The molecule has 76 valence electrons. The molecular formula is C9H17NO2S. The van der Waals surface area contributed by atoms with E-state index >= 15 is 0 Å². The number of nitrogens with one attached hydrogen (secondary N) is 1. The van der Waals surface area contributed by atoms with Crippen LogP contribution in [0.1, 0.15) is 26.7 Å². The van der Waals surface area contributed by atoms with E-state index in [0.717, 1.165) is 18.6 Å². The molecule has 1 fully saturated rings. The Morgan fingerprint density at radius 3 is 2.92 bits per heavy atom. The number of rotatable bonds is 3. The predicted octanol–water partition coefficient (Wildman–Crippen LogP) is 0.769. The number of aliphatic hydroxyl groups excluding tert-OH is 1. The van der Waals surface area contributed by atoms with Crippen molar-refractivity contribution in [2.75, 3.05) is 12.4 Å². The molecule has 3 nitrogen and oxygen atoms in total. The third kappa shape index (κ3) is 2.61. The molecule has 1 saturated heterocycles. The highest BCUT2D eigenvalue weighted by atomic mass is 32.2. The molecule has 0 aromatic heterocycles. The molecule has 2 atom stereocenters. The second-order valence-electron chi connectivity index (χ2n) is 3.74. The molecule has 0 saturated carbocycles. The van der Waals surface area contributed by atoms with Crippen molar-refractivity contribution in [3.05, 3.63) is 0 Å². The van der Waals surface area contributed by atoms with Crippen LogP contribution in [0.3, 0.4) is 0 Å². The van der Waals surface area contributed by atoms with Crippen LogP contribution in [0, 0.1) is 0 Å². The lowest BCUT2D eigenvalue weighted by molar-refractivity contribution is -0.124. The van der Waals surface area contributed by atoms with Crippen molar-refractivity contribution in [3.63, 3.8) is 0 Å². The lowest BCUT2D eigenvalue weighted by Crippen LogP contribution is -2.45. The molecule has 1 heterocycles. The molecule has 1 unspecified atom stereocenters. The molecule has 2 N–H and O–H groups in total. The summed E-state index contributed by atoms with van der Waals surface area (Å²) in [6.45, 7) is 3.79. The maximum Gasteiger partial charge on any atom is 0.236 e. The number of hydrogen-bond acceptors (Lipinski definition) is 3. The minimum absolute atomic E-state index is 0.00644. The van der Waals surface area contributed by atoms with E-state index in [4.69, 9.17) is 5.11 Å². The maximum absolute atomic E-state index is 11.7. The highest BCUT2D eigenvalue weighted by Gasteiger charge is 2.37. The smallest absolute Gasteiger partial charge is 0.236 e. The molecule has 0 bridgehead atoms. The highest BCUT2D eigenvalue weighted by Crippen LogP contribution is 2.37. The molecule has 1 amide bonds. The molecule has 0 aliphatic carbocycles. The second kappa shape index (κ2) is 4.33. The monoisotopic (exact) mass is 203 g/mol. The topological polar surface area (TPSA) is 49.3 Å². The Bertz CT molecular complexity index is 190. The number of amides is 1. The number of aliphatic hydroxyl groups is 1. The van der Waals surface area contributed by atoms with Gasteiger partial charge in [0.05, 0.1) is 11.4 Å². The van der Waals surface area contributed by atoms with E-state index in [1.807, 2.05) is 6.92 Å². The molecule has 0 aromatic carbocycles.